The molecule has 1 fully saturated rings. The molecular formula is C15H21BrN2O2. The van der Waals surface area contributed by atoms with Gasteiger partial charge in [-0.15, -0.1) is 0 Å². The highest BCUT2D eigenvalue weighted by atomic mass is 79.9. The lowest BCUT2D eigenvalue weighted by Crippen LogP contribution is -2.48. The molecule has 1 aliphatic heterocycles. The summed E-state index contributed by atoms with van der Waals surface area (Å²) in [4.78, 5) is 17.0. The molecule has 0 atom stereocenters. The van der Waals surface area contributed by atoms with E-state index in [4.69, 9.17) is 4.74 Å². The summed E-state index contributed by atoms with van der Waals surface area (Å²) in [6, 6.07) is 3.86. The molecule has 0 aliphatic carbocycles. The molecule has 1 saturated heterocycles. The van der Waals surface area contributed by atoms with E-state index in [1.54, 1.807) is 7.11 Å². The number of piperazine rings is 1. The Hall–Kier alpha value is -1.07. The van der Waals surface area contributed by atoms with Gasteiger partial charge in [-0.25, -0.2) is 0 Å². The molecular weight excluding hydrogens is 320 g/mol. The van der Waals surface area contributed by atoms with Crippen LogP contribution in [0.4, 0.5) is 0 Å². The van der Waals surface area contributed by atoms with Crippen LogP contribution in [0.15, 0.2) is 16.6 Å². The van der Waals surface area contributed by atoms with Crippen LogP contribution < -0.4 is 4.74 Å². The number of rotatable bonds is 3. The Balaban J connectivity index is 2.21. The van der Waals surface area contributed by atoms with Crippen molar-refractivity contribution in [3.8, 4) is 5.75 Å². The highest BCUT2D eigenvalue weighted by molar-refractivity contribution is 9.10. The number of methoxy groups -OCH3 is 1. The number of ether oxygens (including phenoxy) is 1. The molecule has 20 heavy (non-hydrogen) atoms. The number of carbonyl (C=O) groups excluding carboxylic acids is 1. The Morgan fingerprint density at radius 2 is 1.95 bits per heavy atom. The van der Waals surface area contributed by atoms with Gasteiger partial charge in [-0.1, -0.05) is 6.92 Å². The highest BCUT2D eigenvalue weighted by Crippen LogP contribution is 2.31. The van der Waals surface area contributed by atoms with E-state index in [-0.39, 0.29) is 5.91 Å². The summed E-state index contributed by atoms with van der Waals surface area (Å²) in [6.45, 7) is 8.62. The molecule has 2 rings (SSSR count). The van der Waals surface area contributed by atoms with Gasteiger partial charge >= 0.3 is 0 Å². The molecule has 0 radical (unpaired) electrons. The zero-order valence-electron chi connectivity index (χ0n) is 12.3. The number of likely N-dealkylation sites (N-methyl/N-ethyl adjacent to an activating group) is 1. The van der Waals surface area contributed by atoms with Crippen LogP contribution in [0, 0.1) is 6.92 Å². The fourth-order valence-electron chi connectivity index (χ4n) is 2.53. The van der Waals surface area contributed by atoms with Gasteiger partial charge in [0.15, 0.2) is 0 Å². The van der Waals surface area contributed by atoms with Crippen molar-refractivity contribution in [2.75, 3.05) is 39.8 Å². The van der Waals surface area contributed by atoms with Gasteiger partial charge in [0.25, 0.3) is 5.91 Å². The maximum absolute atomic E-state index is 12.7. The summed E-state index contributed by atoms with van der Waals surface area (Å²) in [6.07, 6.45) is 0. The summed E-state index contributed by atoms with van der Waals surface area (Å²) >= 11 is 3.47. The minimum absolute atomic E-state index is 0.0574. The lowest BCUT2D eigenvalue weighted by Gasteiger charge is -2.34. The van der Waals surface area contributed by atoms with Gasteiger partial charge in [0.05, 0.1) is 17.1 Å². The molecule has 1 amide bonds. The number of benzene rings is 1. The van der Waals surface area contributed by atoms with E-state index in [1.165, 1.54) is 0 Å². The van der Waals surface area contributed by atoms with Crippen LogP contribution in [0.3, 0.4) is 0 Å². The predicted octanol–water partition coefficient (Wildman–Crippen LogP) is 2.54. The van der Waals surface area contributed by atoms with E-state index in [0.717, 1.165) is 42.8 Å². The van der Waals surface area contributed by atoms with E-state index in [1.807, 2.05) is 24.0 Å². The van der Waals surface area contributed by atoms with Crippen LogP contribution >= 0.6 is 15.9 Å². The molecule has 0 saturated carbocycles. The average Bonchev–Trinajstić information content (AvgIpc) is 2.46. The zero-order valence-corrected chi connectivity index (χ0v) is 13.9. The van der Waals surface area contributed by atoms with E-state index in [9.17, 15) is 4.79 Å². The van der Waals surface area contributed by atoms with Crippen molar-refractivity contribution in [2.24, 2.45) is 0 Å². The number of nitrogens with zero attached hydrogens (tertiary/aromatic N) is 2. The lowest BCUT2D eigenvalue weighted by molar-refractivity contribution is 0.0640. The van der Waals surface area contributed by atoms with Gasteiger partial charge in [0.1, 0.15) is 5.75 Å². The fraction of sp³-hybridized carbons (Fsp3) is 0.533. The Labute approximate surface area is 128 Å². The molecule has 0 bridgehead atoms. The molecule has 0 N–H and O–H groups in total. The summed E-state index contributed by atoms with van der Waals surface area (Å²) in [7, 11) is 1.60. The molecule has 4 nitrogen and oxygen atoms in total. The highest BCUT2D eigenvalue weighted by Gasteiger charge is 2.24. The van der Waals surface area contributed by atoms with E-state index >= 15 is 0 Å². The number of carbonyl (C=O) groups is 1. The number of amides is 1. The maximum Gasteiger partial charge on any atom is 0.257 e. The zero-order chi connectivity index (χ0) is 14.7. The molecule has 1 aromatic rings. The second-order valence-corrected chi connectivity index (χ2v) is 5.91. The van der Waals surface area contributed by atoms with Gasteiger partial charge in [0.2, 0.25) is 0 Å². The third-order valence-corrected chi connectivity index (χ3v) is 4.32. The smallest absolute Gasteiger partial charge is 0.257 e. The third-order valence-electron chi connectivity index (χ3n) is 3.73. The van der Waals surface area contributed by atoms with E-state index in [0.29, 0.717) is 11.3 Å². The average molecular weight is 341 g/mol. The topological polar surface area (TPSA) is 32.8 Å². The maximum atomic E-state index is 12.7. The molecule has 110 valence electrons. The molecule has 5 heteroatoms. The van der Waals surface area contributed by atoms with Gasteiger partial charge in [-0.2, -0.15) is 0 Å². The predicted molar refractivity (Wildman–Crippen MR) is 83.4 cm³/mol. The van der Waals surface area contributed by atoms with Crippen molar-refractivity contribution in [3.63, 3.8) is 0 Å². The first-order valence-corrected chi connectivity index (χ1v) is 7.72. The van der Waals surface area contributed by atoms with Gasteiger partial charge in [-0.3, -0.25) is 4.79 Å². The standard InChI is InChI=1S/C15H21BrN2O2/c1-4-17-5-7-18(8-6-17)15(19)12-9-11(2)10-13(16)14(12)20-3/h9-10H,4-8H2,1-3H3. The van der Waals surface area contributed by atoms with Crippen LogP contribution in [0.25, 0.3) is 0 Å². The Kier molecular flexibility index (Phi) is 5.05. The van der Waals surface area contributed by atoms with E-state index in [2.05, 4.69) is 27.8 Å². The lowest BCUT2D eigenvalue weighted by atomic mass is 10.1. The summed E-state index contributed by atoms with van der Waals surface area (Å²) < 4.78 is 6.21. The number of halogens is 1. The normalized spacial score (nSPS) is 16.3. The van der Waals surface area contributed by atoms with Crippen molar-refractivity contribution < 1.29 is 9.53 Å². The molecule has 1 aliphatic rings. The van der Waals surface area contributed by atoms with Crippen LogP contribution in [0.2, 0.25) is 0 Å². The monoisotopic (exact) mass is 340 g/mol. The Bertz CT molecular complexity index is 497. The SMILES string of the molecule is CCN1CCN(C(=O)c2cc(C)cc(Br)c2OC)CC1. The minimum Gasteiger partial charge on any atom is -0.495 e. The quantitative estimate of drug-likeness (QED) is 0.847. The van der Waals surface area contributed by atoms with Crippen molar-refractivity contribution in [1.82, 2.24) is 9.80 Å². The van der Waals surface area contributed by atoms with Gasteiger partial charge < -0.3 is 14.5 Å². The number of hydrogen-bond acceptors (Lipinski definition) is 3. The van der Waals surface area contributed by atoms with Crippen molar-refractivity contribution >= 4 is 21.8 Å². The van der Waals surface area contributed by atoms with Gasteiger partial charge in [0, 0.05) is 26.2 Å². The first-order chi connectivity index (χ1) is 9.56. The third kappa shape index (κ3) is 3.15. The number of hydrogen-bond donors (Lipinski definition) is 0. The molecule has 1 heterocycles. The number of aryl methyl sites for hydroxylation is 1. The Morgan fingerprint density at radius 3 is 2.50 bits per heavy atom. The summed E-state index contributed by atoms with van der Waals surface area (Å²) in [5.41, 5.74) is 1.69. The van der Waals surface area contributed by atoms with Crippen LogP contribution in [0.1, 0.15) is 22.8 Å². The second kappa shape index (κ2) is 6.59. The van der Waals surface area contributed by atoms with Crippen LogP contribution in [-0.4, -0.2) is 55.5 Å². The fourth-order valence-corrected chi connectivity index (χ4v) is 3.27. The largest absolute Gasteiger partial charge is 0.495 e. The van der Waals surface area contributed by atoms with E-state index < -0.39 is 0 Å². The van der Waals surface area contributed by atoms with Crippen LogP contribution in [-0.2, 0) is 0 Å². The summed E-state index contributed by atoms with van der Waals surface area (Å²) in [5.74, 6) is 0.681. The summed E-state index contributed by atoms with van der Waals surface area (Å²) in [5, 5.41) is 0. The minimum atomic E-state index is 0.0574. The van der Waals surface area contributed by atoms with Crippen LogP contribution in [0.5, 0.6) is 5.75 Å². The molecule has 0 spiro atoms. The van der Waals surface area contributed by atoms with Crippen molar-refractivity contribution in [3.05, 3.63) is 27.7 Å². The second-order valence-electron chi connectivity index (χ2n) is 5.05. The molecule has 0 aromatic heterocycles. The van der Waals surface area contributed by atoms with Crippen molar-refractivity contribution in [2.45, 2.75) is 13.8 Å². The first-order valence-electron chi connectivity index (χ1n) is 6.92. The first kappa shape index (κ1) is 15.3. The molecule has 1 aromatic carbocycles. The molecule has 0 unspecified atom stereocenters. The Morgan fingerprint density at radius 1 is 1.30 bits per heavy atom. The van der Waals surface area contributed by atoms with Gasteiger partial charge in [-0.05, 0) is 47.1 Å². The van der Waals surface area contributed by atoms with Crippen molar-refractivity contribution in [1.29, 1.82) is 0 Å².